The number of carbonyl (C=O) groups excluding carboxylic acids is 1. The molecule has 2 N–H and O–H groups in total. The van der Waals surface area contributed by atoms with Gasteiger partial charge in [-0.05, 0) is 31.5 Å². The Balaban J connectivity index is 1.82. The van der Waals surface area contributed by atoms with Gasteiger partial charge in [-0.15, -0.1) is 0 Å². The third kappa shape index (κ3) is 4.64. The van der Waals surface area contributed by atoms with Crippen molar-refractivity contribution in [3.8, 4) is 0 Å². The lowest BCUT2D eigenvalue weighted by molar-refractivity contribution is 0.0929. The molecular formula is C15H20N4O3S. The first-order valence-corrected chi connectivity index (χ1v) is 8.72. The quantitative estimate of drug-likeness (QED) is 0.786. The number of amides is 1. The fourth-order valence-electron chi connectivity index (χ4n) is 2.06. The van der Waals surface area contributed by atoms with E-state index in [0.29, 0.717) is 12.1 Å². The highest BCUT2D eigenvalue weighted by Crippen LogP contribution is 2.07. The fourth-order valence-corrected chi connectivity index (χ4v) is 3.13. The number of sulfonamides is 1. The molecule has 0 aliphatic carbocycles. The molecular weight excluding hydrogens is 316 g/mol. The molecule has 2 aromatic rings. The standard InChI is InChI=1S/C15H20N4O3S/c1-12(18-15(20)14-9-10-16-19(14)2)8-11-17-23(21,22)13-6-4-3-5-7-13/h3-7,9-10,12,17H,8,11H2,1-2H3,(H,18,20)/t12-/m0/s1. The van der Waals surface area contributed by atoms with E-state index in [2.05, 4.69) is 15.1 Å². The molecule has 0 fully saturated rings. The van der Waals surface area contributed by atoms with Crippen LogP contribution in [0.5, 0.6) is 0 Å². The van der Waals surface area contributed by atoms with Crippen LogP contribution in [0.2, 0.25) is 0 Å². The molecule has 0 radical (unpaired) electrons. The van der Waals surface area contributed by atoms with E-state index in [4.69, 9.17) is 0 Å². The van der Waals surface area contributed by atoms with Gasteiger partial charge in [0.15, 0.2) is 0 Å². The molecule has 1 aromatic heterocycles. The topological polar surface area (TPSA) is 93.1 Å². The SMILES string of the molecule is C[C@@H](CCNS(=O)(=O)c1ccccc1)NC(=O)c1ccnn1C. The van der Waals surface area contributed by atoms with Crippen molar-refractivity contribution in [3.05, 3.63) is 48.3 Å². The molecule has 1 atom stereocenters. The Bertz CT molecular complexity index is 756. The van der Waals surface area contributed by atoms with Crippen molar-refractivity contribution in [2.75, 3.05) is 6.54 Å². The average Bonchev–Trinajstić information content (AvgIpc) is 2.94. The Morgan fingerprint density at radius 2 is 1.96 bits per heavy atom. The summed E-state index contributed by atoms with van der Waals surface area (Å²) in [5, 5.41) is 6.75. The zero-order valence-electron chi connectivity index (χ0n) is 13.1. The Morgan fingerprint density at radius 3 is 2.57 bits per heavy atom. The number of nitrogens with zero attached hydrogens (tertiary/aromatic N) is 2. The Hall–Kier alpha value is -2.19. The van der Waals surface area contributed by atoms with Crippen LogP contribution in [0.15, 0.2) is 47.5 Å². The van der Waals surface area contributed by atoms with Gasteiger partial charge < -0.3 is 5.32 Å². The van der Waals surface area contributed by atoms with Gasteiger partial charge in [0.05, 0.1) is 4.90 Å². The summed E-state index contributed by atoms with van der Waals surface area (Å²) in [6, 6.07) is 9.63. The van der Waals surface area contributed by atoms with Crippen LogP contribution in [0.1, 0.15) is 23.8 Å². The third-order valence-electron chi connectivity index (χ3n) is 3.35. The normalized spacial score (nSPS) is 12.8. The molecule has 7 nitrogen and oxygen atoms in total. The number of aryl methyl sites for hydroxylation is 1. The van der Waals surface area contributed by atoms with Crippen LogP contribution in [0.4, 0.5) is 0 Å². The number of rotatable bonds is 7. The highest BCUT2D eigenvalue weighted by atomic mass is 32.2. The van der Waals surface area contributed by atoms with E-state index in [-0.39, 0.29) is 23.4 Å². The second-order valence-corrected chi connectivity index (χ2v) is 6.98. The summed E-state index contributed by atoms with van der Waals surface area (Å²) in [6.45, 7) is 2.06. The number of nitrogens with one attached hydrogen (secondary N) is 2. The largest absolute Gasteiger partial charge is 0.348 e. The van der Waals surface area contributed by atoms with Crippen molar-refractivity contribution in [3.63, 3.8) is 0 Å². The molecule has 0 spiro atoms. The van der Waals surface area contributed by atoms with Gasteiger partial charge in [-0.3, -0.25) is 9.48 Å². The summed E-state index contributed by atoms with van der Waals surface area (Å²) < 4.78 is 28.1. The van der Waals surface area contributed by atoms with Crippen LogP contribution in [-0.4, -0.2) is 36.7 Å². The van der Waals surface area contributed by atoms with Crippen LogP contribution in [0, 0.1) is 0 Å². The van der Waals surface area contributed by atoms with Crippen LogP contribution < -0.4 is 10.0 Å². The molecule has 8 heteroatoms. The van der Waals surface area contributed by atoms with Gasteiger partial charge in [-0.2, -0.15) is 5.10 Å². The molecule has 0 unspecified atom stereocenters. The lowest BCUT2D eigenvalue weighted by Gasteiger charge is -2.14. The molecule has 0 bridgehead atoms. The Morgan fingerprint density at radius 1 is 1.26 bits per heavy atom. The van der Waals surface area contributed by atoms with E-state index in [1.54, 1.807) is 37.5 Å². The zero-order chi connectivity index (χ0) is 16.9. The lowest BCUT2D eigenvalue weighted by atomic mass is 10.2. The van der Waals surface area contributed by atoms with Crippen LogP contribution in [0.25, 0.3) is 0 Å². The summed E-state index contributed by atoms with van der Waals surface area (Å²) >= 11 is 0. The van der Waals surface area contributed by atoms with Crippen molar-refractivity contribution in [1.29, 1.82) is 0 Å². The number of aromatic nitrogens is 2. The van der Waals surface area contributed by atoms with Gasteiger partial charge in [0.25, 0.3) is 5.91 Å². The number of carbonyl (C=O) groups is 1. The first-order chi connectivity index (χ1) is 10.9. The highest BCUT2D eigenvalue weighted by Gasteiger charge is 2.15. The number of benzene rings is 1. The van der Waals surface area contributed by atoms with Crippen molar-refractivity contribution in [2.24, 2.45) is 7.05 Å². The fraction of sp³-hybridized carbons (Fsp3) is 0.333. The molecule has 1 aromatic carbocycles. The van der Waals surface area contributed by atoms with E-state index >= 15 is 0 Å². The highest BCUT2D eigenvalue weighted by molar-refractivity contribution is 7.89. The minimum atomic E-state index is -3.51. The summed E-state index contributed by atoms with van der Waals surface area (Å²) in [6.07, 6.45) is 2.03. The van der Waals surface area contributed by atoms with Crippen LogP contribution in [0.3, 0.4) is 0 Å². The predicted molar refractivity (Wildman–Crippen MR) is 86.4 cm³/mol. The summed E-state index contributed by atoms with van der Waals surface area (Å²) in [4.78, 5) is 12.2. The molecule has 0 aliphatic rings. The van der Waals surface area contributed by atoms with Gasteiger partial charge in [0.2, 0.25) is 10.0 Å². The van der Waals surface area contributed by atoms with Crippen molar-refractivity contribution >= 4 is 15.9 Å². The minimum absolute atomic E-state index is 0.170. The van der Waals surface area contributed by atoms with Gasteiger partial charge in [0.1, 0.15) is 5.69 Å². The van der Waals surface area contributed by atoms with E-state index in [0.717, 1.165) is 0 Å². The van der Waals surface area contributed by atoms with Gasteiger partial charge >= 0.3 is 0 Å². The molecule has 23 heavy (non-hydrogen) atoms. The second-order valence-electron chi connectivity index (χ2n) is 5.21. The first-order valence-electron chi connectivity index (χ1n) is 7.24. The maximum absolute atomic E-state index is 12.1. The first kappa shape index (κ1) is 17.2. The van der Waals surface area contributed by atoms with Gasteiger partial charge in [-0.1, -0.05) is 18.2 Å². The molecule has 124 valence electrons. The van der Waals surface area contributed by atoms with Crippen molar-refractivity contribution < 1.29 is 13.2 Å². The molecule has 1 amide bonds. The number of hydrogen-bond donors (Lipinski definition) is 2. The maximum Gasteiger partial charge on any atom is 0.269 e. The minimum Gasteiger partial charge on any atom is -0.348 e. The van der Waals surface area contributed by atoms with E-state index in [9.17, 15) is 13.2 Å². The van der Waals surface area contributed by atoms with Crippen molar-refractivity contribution in [1.82, 2.24) is 19.8 Å². The lowest BCUT2D eigenvalue weighted by Crippen LogP contribution is -2.36. The van der Waals surface area contributed by atoms with E-state index in [1.165, 1.54) is 16.8 Å². The van der Waals surface area contributed by atoms with E-state index in [1.807, 2.05) is 6.92 Å². The summed E-state index contributed by atoms with van der Waals surface area (Å²) in [5.41, 5.74) is 0.460. The summed E-state index contributed by atoms with van der Waals surface area (Å²) in [7, 11) is -1.82. The average molecular weight is 336 g/mol. The Kier molecular flexibility index (Phi) is 5.51. The van der Waals surface area contributed by atoms with Crippen molar-refractivity contribution in [2.45, 2.75) is 24.3 Å². The Labute approximate surface area is 135 Å². The van der Waals surface area contributed by atoms with E-state index < -0.39 is 10.0 Å². The predicted octanol–water partition coefficient (Wildman–Crippen LogP) is 0.907. The monoisotopic (exact) mass is 336 g/mol. The molecule has 1 heterocycles. The molecule has 0 saturated carbocycles. The zero-order valence-corrected chi connectivity index (χ0v) is 13.9. The second kappa shape index (κ2) is 7.38. The number of hydrogen-bond acceptors (Lipinski definition) is 4. The molecule has 0 saturated heterocycles. The van der Waals surface area contributed by atoms with Crippen LogP contribution >= 0.6 is 0 Å². The van der Waals surface area contributed by atoms with Gasteiger partial charge in [-0.25, -0.2) is 13.1 Å². The molecule has 2 rings (SSSR count). The molecule has 0 aliphatic heterocycles. The third-order valence-corrected chi connectivity index (χ3v) is 4.83. The van der Waals surface area contributed by atoms with Gasteiger partial charge in [0, 0.05) is 25.8 Å². The summed E-state index contributed by atoms with van der Waals surface area (Å²) in [5.74, 6) is -0.233. The maximum atomic E-state index is 12.1. The smallest absolute Gasteiger partial charge is 0.269 e. The van der Waals surface area contributed by atoms with Crippen LogP contribution in [-0.2, 0) is 17.1 Å².